The molecule has 0 radical (unpaired) electrons. The summed E-state index contributed by atoms with van der Waals surface area (Å²) in [6.07, 6.45) is 3.91. The molecule has 2 aromatic rings. The second kappa shape index (κ2) is 8.84. The minimum Gasteiger partial charge on any atom is -0.464 e. The number of unbranched alkanes of at least 4 members (excludes halogenated alkanes) is 3. The first-order valence-electron chi connectivity index (χ1n) is 7.70. The van der Waals surface area contributed by atoms with Crippen molar-refractivity contribution in [2.24, 2.45) is 0 Å². The number of carbonyl (C=O) groups is 1. The fourth-order valence-corrected chi connectivity index (χ4v) is 3.00. The van der Waals surface area contributed by atoms with Crippen LogP contribution in [0.3, 0.4) is 0 Å². The normalized spacial score (nSPS) is 10.7. The number of anilines is 1. The first-order chi connectivity index (χ1) is 11.2. The number of para-hydroxylation sites is 1. The standard InChI is InChI=1S/C17H21BrN2O3/c1-23-17(22)16-14(18)15(19-10-6-2-3-7-11-21)12-8-4-5-9-13(12)20-16/h4-5,8-9,21H,2-3,6-7,10-11H2,1H3,(H,19,20). The van der Waals surface area contributed by atoms with Gasteiger partial charge in [-0.25, -0.2) is 9.78 Å². The van der Waals surface area contributed by atoms with E-state index in [9.17, 15) is 4.79 Å². The lowest BCUT2D eigenvalue weighted by atomic mass is 10.1. The Balaban J connectivity index is 2.22. The number of hydrogen-bond acceptors (Lipinski definition) is 5. The monoisotopic (exact) mass is 380 g/mol. The van der Waals surface area contributed by atoms with E-state index in [1.807, 2.05) is 24.3 Å². The highest BCUT2D eigenvalue weighted by atomic mass is 79.9. The fourth-order valence-electron chi connectivity index (χ4n) is 2.40. The Morgan fingerprint density at radius 3 is 2.74 bits per heavy atom. The second-order valence-electron chi connectivity index (χ2n) is 5.22. The van der Waals surface area contributed by atoms with Crippen LogP contribution in [0.5, 0.6) is 0 Å². The van der Waals surface area contributed by atoms with Gasteiger partial charge in [-0.05, 0) is 34.8 Å². The van der Waals surface area contributed by atoms with Crippen molar-refractivity contribution in [3.8, 4) is 0 Å². The van der Waals surface area contributed by atoms with Gasteiger partial charge in [0.15, 0.2) is 5.69 Å². The summed E-state index contributed by atoms with van der Waals surface area (Å²) >= 11 is 3.48. The SMILES string of the molecule is COC(=O)c1nc2ccccc2c(NCCCCCCO)c1Br. The van der Waals surface area contributed by atoms with E-state index in [1.54, 1.807) is 0 Å². The molecule has 124 valence electrons. The zero-order valence-corrected chi connectivity index (χ0v) is 14.7. The molecule has 0 bridgehead atoms. The van der Waals surface area contributed by atoms with Crippen LogP contribution in [-0.2, 0) is 4.74 Å². The number of aliphatic hydroxyl groups is 1. The van der Waals surface area contributed by atoms with Crippen molar-refractivity contribution >= 4 is 38.5 Å². The van der Waals surface area contributed by atoms with Gasteiger partial charge in [-0.1, -0.05) is 31.0 Å². The summed E-state index contributed by atoms with van der Waals surface area (Å²) in [5.74, 6) is -0.464. The predicted octanol–water partition coefficient (Wildman–Crippen LogP) is 3.75. The highest BCUT2D eigenvalue weighted by Gasteiger charge is 2.18. The van der Waals surface area contributed by atoms with Crippen molar-refractivity contribution in [3.05, 3.63) is 34.4 Å². The van der Waals surface area contributed by atoms with Crippen LogP contribution in [0.25, 0.3) is 10.9 Å². The molecule has 1 heterocycles. The summed E-state index contributed by atoms with van der Waals surface area (Å²) in [7, 11) is 1.35. The van der Waals surface area contributed by atoms with Gasteiger partial charge in [0.25, 0.3) is 0 Å². The van der Waals surface area contributed by atoms with Crippen LogP contribution in [0.15, 0.2) is 28.7 Å². The van der Waals surface area contributed by atoms with E-state index in [4.69, 9.17) is 9.84 Å². The molecule has 2 N–H and O–H groups in total. The van der Waals surface area contributed by atoms with Gasteiger partial charge in [0.05, 0.1) is 22.8 Å². The molecule has 0 saturated carbocycles. The number of fused-ring (bicyclic) bond motifs is 1. The van der Waals surface area contributed by atoms with Crippen LogP contribution in [0.4, 0.5) is 5.69 Å². The van der Waals surface area contributed by atoms with Crippen molar-refractivity contribution in [3.63, 3.8) is 0 Å². The Bertz CT molecular complexity index is 676. The number of ether oxygens (including phenoxy) is 1. The lowest BCUT2D eigenvalue weighted by Crippen LogP contribution is -2.10. The highest BCUT2D eigenvalue weighted by molar-refractivity contribution is 9.10. The van der Waals surface area contributed by atoms with Crippen LogP contribution >= 0.6 is 15.9 Å². The van der Waals surface area contributed by atoms with E-state index in [2.05, 4.69) is 26.2 Å². The summed E-state index contributed by atoms with van der Waals surface area (Å²) in [4.78, 5) is 16.3. The van der Waals surface area contributed by atoms with Gasteiger partial charge in [-0.2, -0.15) is 0 Å². The smallest absolute Gasteiger partial charge is 0.357 e. The Hall–Kier alpha value is -1.66. The van der Waals surface area contributed by atoms with Gasteiger partial charge in [-0.15, -0.1) is 0 Å². The molecule has 0 unspecified atom stereocenters. The molecule has 0 amide bonds. The minimum absolute atomic E-state index is 0.246. The van der Waals surface area contributed by atoms with E-state index in [1.165, 1.54) is 7.11 Å². The maximum absolute atomic E-state index is 11.9. The molecule has 6 heteroatoms. The fraction of sp³-hybridized carbons (Fsp3) is 0.412. The van der Waals surface area contributed by atoms with Crippen LogP contribution < -0.4 is 5.32 Å². The maximum Gasteiger partial charge on any atom is 0.357 e. The summed E-state index contributed by atoms with van der Waals surface area (Å²) in [6.45, 7) is 1.04. The molecule has 5 nitrogen and oxygen atoms in total. The lowest BCUT2D eigenvalue weighted by molar-refractivity contribution is 0.0593. The average Bonchev–Trinajstić information content (AvgIpc) is 2.58. The van der Waals surface area contributed by atoms with Crippen LogP contribution in [-0.4, -0.2) is 36.3 Å². The van der Waals surface area contributed by atoms with Gasteiger partial charge in [0, 0.05) is 18.5 Å². The quantitative estimate of drug-likeness (QED) is 0.538. The van der Waals surface area contributed by atoms with E-state index < -0.39 is 5.97 Å². The van der Waals surface area contributed by atoms with E-state index in [-0.39, 0.29) is 12.3 Å². The number of hydrogen-bond donors (Lipinski definition) is 2. The number of aromatic nitrogens is 1. The summed E-state index contributed by atoms with van der Waals surface area (Å²) < 4.78 is 5.43. The molecule has 0 aliphatic rings. The lowest BCUT2D eigenvalue weighted by Gasteiger charge is -2.14. The minimum atomic E-state index is -0.464. The summed E-state index contributed by atoms with van der Waals surface area (Å²) in [6, 6.07) is 7.69. The Labute approximate surface area is 144 Å². The number of carbonyl (C=O) groups excluding carboxylic acids is 1. The second-order valence-corrected chi connectivity index (χ2v) is 6.02. The number of halogens is 1. The number of aliphatic hydroxyl groups excluding tert-OH is 1. The third kappa shape index (κ3) is 4.42. The third-order valence-corrected chi connectivity index (χ3v) is 4.37. The number of methoxy groups -OCH3 is 1. The largest absolute Gasteiger partial charge is 0.464 e. The van der Waals surface area contributed by atoms with Gasteiger partial charge < -0.3 is 15.2 Å². The molecule has 23 heavy (non-hydrogen) atoms. The van der Waals surface area contributed by atoms with E-state index >= 15 is 0 Å². The first kappa shape index (κ1) is 17.7. The molecular formula is C17H21BrN2O3. The number of benzene rings is 1. The van der Waals surface area contributed by atoms with Gasteiger partial charge in [0.2, 0.25) is 0 Å². The van der Waals surface area contributed by atoms with Crippen molar-refractivity contribution in [2.75, 3.05) is 25.6 Å². The van der Waals surface area contributed by atoms with Crippen molar-refractivity contribution in [1.29, 1.82) is 0 Å². The van der Waals surface area contributed by atoms with Crippen LogP contribution in [0, 0.1) is 0 Å². The summed E-state index contributed by atoms with van der Waals surface area (Å²) in [5, 5.41) is 13.1. The van der Waals surface area contributed by atoms with Gasteiger partial charge in [-0.3, -0.25) is 0 Å². The molecule has 0 fully saturated rings. The Kier molecular flexibility index (Phi) is 6.80. The van der Waals surface area contributed by atoms with E-state index in [0.29, 0.717) is 4.47 Å². The number of rotatable bonds is 8. The number of nitrogens with one attached hydrogen (secondary N) is 1. The van der Waals surface area contributed by atoms with Crippen molar-refractivity contribution < 1.29 is 14.6 Å². The van der Waals surface area contributed by atoms with Crippen molar-refractivity contribution in [2.45, 2.75) is 25.7 Å². The molecule has 2 rings (SSSR count). The van der Waals surface area contributed by atoms with Crippen LogP contribution in [0.1, 0.15) is 36.2 Å². The van der Waals surface area contributed by atoms with E-state index in [0.717, 1.165) is 48.8 Å². The van der Waals surface area contributed by atoms with Crippen LogP contribution in [0.2, 0.25) is 0 Å². The molecule has 0 spiro atoms. The molecule has 0 atom stereocenters. The van der Waals surface area contributed by atoms with Gasteiger partial charge >= 0.3 is 5.97 Å². The zero-order valence-electron chi connectivity index (χ0n) is 13.1. The molecule has 1 aromatic heterocycles. The summed E-state index contributed by atoms with van der Waals surface area (Å²) in [5.41, 5.74) is 1.88. The third-order valence-electron chi connectivity index (χ3n) is 3.60. The molecule has 0 saturated heterocycles. The molecule has 0 aliphatic carbocycles. The van der Waals surface area contributed by atoms with Gasteiger partial charge in [0.1, 0.15) is 0 Å². The number of pyridine rings is 1. The topological polar surface area (TPSA) is 71.5 Å². The first-order valence-corrected chi connectivity index (χ1v) is 8.49. The Morgan fingerprint density at radius 2 is 2.00 bits per heavy atom. The maximum atomic E-state index is 11.9. The number of esters is 1. The Morgan fingerprint density at radius 1 is 1.26 bits per heavy atom. The number of nitrogens with zero attached hydrogens (tertiary/aromatic N) is 1. The van der Waals surface area contributed by atoms with Crippen molar-refractivity contribution in [1.82, 2.24) is 4.98 Å². The highest BCUT2D eigenvalue weighted by Crippen LogP contribution is 2.33. The predicted molar refractivity (Wildman–Crippen MR) is 94.8 cm³/mol. The average molecular weight is 381 g/mol. The molecule has 0 aliphatic heterocycles. The molecule has 1 aromatic carbocycles. The zero-order chi connectivity index (χ0) is 16.7. The molecular weight excluding hydrogens is 360 g/mol.